The summed E-state index contributed by atoms with van der Waals surface area (Å²) in [7, 11) is 0. The number of thioether (sulfide) groups is 1. The predicted octanol–water partition coefficient (Wildman–Crippen LogP) is 3.56. The summed E-state index contributed by atoms with van der Waals surface area (Å²) < 4.78 is 1.81. The molecule has 0 saturated carbocycles. The van der Waals surface area contributed by atoms with Gasteiger partial charge in [-0.1, -0.05) is 35.0 Å². The number of hydrogen-bond acceptors (Lipinski definition) is 6. The molecule has 1 atom stereocenters. The van der Waals surface area contributed by atoms with E-state index in [4.69, 9.17) is 23.2 Å². The third-order valence-electron chi connectivity index (χ3n) is 3.36. The second-order valence-corrected chi connectivity index (χ2v) is 7.54. The van der Waals surface area contributed by atoms with Crippen LogP contribution in [0.3, 0.4) is 0 Å². The Morgan fingerprint density at radius 3 is 2.76 bits per heavy atom. The van der Waals surface area contributed by atoms with Gasteiger partial charge in [-0.2, -0.15) is 0 Å². The molecule has 0 aliphatic heterocycles. The van der Waals surface area contributed by atoms with Gasteiger partial charge in [0.1, 0.15) is 0 Å². The van der Waals surface area contributed by atoms with E-state index in [1.165, 1.54) is 24.0 Å². The summed E-state index contributed by atoms with van der Waals surface area (Å²) >= 11 is 13.1. The van der Waals surface area contributed by atoms with E-state index in [0.717, 1.165) is 11.4 Å². The van der Waals surface area contributed by atoms with Gasteiger partial charge in [0.25, 0.3) is 5.78 Å². The van der Waals surface area contributed by atoms with Gasteiger partial charge in [-0.3, -0.25) is 9.20 Å². The highest BCUT2D eigenvalue weighted by molar-refractivity contribution is 8.00. The highest BCUT2D eigenvalue weighted by atomic mass is 35.5. The normalized spacial score (nSPS) is 12.4. The maximum absolute atomic E-state index is 12.4. The minimum atomic E-state index is -0.443. The van der Waals surface area contributed by atoms with Gasteiger partial charge in [0.2, 0.25) is 5.91 Å². The lowest BCUT2D eigenvalue weighted by Gasteiger charge is -2.12. The van der Waals surface area contributed by atoms with Crippen LogP contribution < -0.4 is 5.32 Å². The predicted molar refractivity (Wildman–Crippen MR) is 98.5 cm³/mol. The highest BCUT2D eigenvalue weighted by Gasteiger charge is 2.20. The number of pyridine rings is 1. The first kappa shape index (κ1) is 17.9. The molecule has 0 radical (unpaired) electrons. The van der Waals surface area contributed by atoms with Crippen LogP contribution >= 0.6 is 35.0 Å². The fourth-order valence-corrected chi connectivity index (χ4v) is 3.54. The molecular weight excluding hydrogens is 383 g/mol. The first-order valence-corrected chi connectivity index (χ1v) is 8.96. The Labute approximate surface area is 158 Å². The fourth-order valence-electron chi connectivity index (χ4n) is 2.21. The number of anilines is 1. The van der Waals surface area contributed by atoms with Crippen molar-refractivity contribution in [2.24, 2.45) is 0 Å². The van der Waals surface area contributed by atoms with Gasteiger partial charge in [0.05, 0.1) is 15.3 Å². The van der Waals surface area contributed by atoms with Gasteiger partial charge in [0, 0.05) is 17.6 Å². The van der Waals surface area contributed by atoms with Crippen LogP contribution in [-0.2, 0) is 4.79 Å². The van der Waals surface area contributed by atoms with Crippen LogP contribution in [0.15, 0.2) is 23.5 Å². The molecule has 0 aliphatic carbocycles. The van der Waals surface area contributed by atoms with Crippen molar-refractivity contribution >= 4 is 52.5 Å². The van der Waals surface area contributed by atoms with Crippen LogP contribution in [0, 0.1) is 13.8 Å². The minimum Gasteiger partial charge on any atom is -0.308 e. The Kier molecular flexibility index (Phi) is 5.12. The van der Waals surface area contributed by atoms with Crippen molar-refractivity contribution < 1.29 is 4.79 Å². The summed E-state index contributed by atoms with van der Waals surface area (Å²) in [6, 6.07) is 3.45. The van der Waals surface area contributed by atoms with Crippen LogP contribution in [0.25, 0.3) is 5.78 Å². The molecule has 1 amide bonds. The van der Waals surface area contributed by atoms with E-state index in [-0.39, 0.29) is 16.7 Å². The molecule has 3 rings (SSSR count). The molecule has 0 aliphatic rings. The number of halogens is 2. The summed E-state index contributed by atoms with van der Waals surface area (Å²) in [6.45, 7) is 5.60. The molecule has 0 aromatic carbocycles. The standard InChI is InChI=1S/C15H14Cl2N6OS/c1-7-4-8(2)23-14(19-7)21-22-15(23)25-9(3)13(24)20-12-11(17)5-10(16)6-18-12/h4-6,9H,1-3H3,(H,18,20,24)/t9-/m0/s1. The number of nitrogens with zero attached hydrogens (tertiary/aromatic N) is 5. The van der Waals surface area contributed by atoms with Crippen molar-refractivity contribution in [3.05, 3.63) is 39.8 Å². The number of nitrogens with one attached hydrogen (secondary N) is 1. The average Bonchev–Trinajstić information content (AvgIpc) is 2.92. The van der Waals surface area contributed by atoms with E-state index in [9.17, 15) is 4.79 Å². The number of amides is 1. The molecule has 0 unspecified atom stereocenters. The van der Waals surface area contributed by atoms with Crippen molar-refractivity contribution in [3.63, 3.8) is 0 Å². The number of hydrogen-bond donors (Lipinski definition) is 1. The van der Waals surface area contributed by atoms with Crippen molar-refractivity contribution in [1.82, 2.24) is 24.6 Å². The number of aryl methyl sites for hydroxylation is 2. The number of carbonyl (C=O) groups is 1. The number of fused-ring (bicyclic) bond motifs is 1. The summed E-state index contributed by atoms with van der Waals surface area (Å²) in [4.78, 5) is 20.8. The Balaban J connectivity index is 1.78. The van der Waals surface area contributed by atoms with E-state index in [1.807, 2.05) is 24.3 Å². The molecule has 1 N–H and O–H groups in total. The van der Waals surface area contributed by atoms with Gasteiger partial charge in [-0.25, -0.2) is 9.97 Å². The molecular formula is C15H14Cl2N6OS. The maximum atomic E-state index is 12.4. The Morgan fingerprint density at radius 2 is 2.04 bits per heavy atom. The van der Waals surface area contributed by atoms with Crippen molar-refractivity contribution in [3.8, 4) is 0 Å². The fraction of sp³-hybridized carbons (Fsp3) is 0.267. The molecule has 0 fully saturated rings. The van der Waals surface area contributed by atoms with Gasteiger partial charge < -0.3 is 5.32 Å². The summed E-state index contributed by atoms with van der Waals surface area (Å²) in [5.41, 5.74) is 1.81. The van der Waals surface area contributed by atoms with Crippen molar-refractivity contribution in [2.75, 3.05) is 5.32 Å². The second-order valence-electron chi connectivity index (χ2n) is 5.39. The van der Waals surface area contributed by atoms with Crippen LogP contribution in [0.1, 0.15) is 18.3 Å². The lowest BCUT2D eigenvalue weighted by Crippen LogP contribution is -2.23. The summed E-state index contributed by atoms with van der Waals surface area (Å²) in [5.74, 6) is 0.523. The molecule has 3 aromatic rings. The van der Waals surface area contributed by atoms with Crippen molar-refractivity contribution in [2.45, 2.75) is 31.2 Å². The SMILES string of the molecule is Cc1cc(C)n2c(S[C@@H](C)C(=O)Nc3ncc(Cl)cc3Cl)nnc2n1. The smallest absolute Gasteiger partial charge is 0.256 e. The lowest BCUT2D eigenvalue weighted by atomic mass is 10.3. The van der Waals surface area contributed by atoms with Crippen LogP contribution in [-0.4, -0.2) is 35.7 Å². The average molecular weight is 397 g/mol. The van der Waals surface area contributed by atoms with Gasteiger partial charge in [-0.05, 0) is 32.9 Å². The minimum absolute atomic E-state index is 0.254. The summed E-state index contributed by atoms with van der Waals surface area (Å²) in [6.07, 6.45) is 1.42. The van der Waals surface area contributed by atoms with E-state index >= 15 is 0 Å². The summed E-state index contributed by atoms with van der Waals surface area (Å²) in [5, 5.41) is 11.7. The van der Waals surface area contributed by atoms with E-state index < -0.39 is 5.25 Å². The number of carbonyl (C=O) groups excluding carboxylic acids is 1. The molecule has 7 nitrogen and oxygen atoms in total. The quantitative estimate of drug-likeness (QED) is 0.678. The van der Waals surface area contributed by atoms with Gasteiger partial charge in [-0.15, -0.1) is 10.2 Å². The van der Waals surface area contributed by atoms with Crippen LogP contribution in [0.5, 0.6) is 0 Å². The Morgan fingerprint density at radius 1 is 1.28 bits per heavy atom. The Bertz CT molecular complexity index is 961. The first-order valence-electron chi connectivity index (χ1n) is 7.33. The topological polar surface area (TPSA) is 85.1 Å². The maximum Gasteiger partial charge on any atom is 0.256 e. The molecule has 0 saturated heterocycles. The largest absolute Gasteiger partial charge is 0.308 e. The zero-order valence-corrected chi connectivity index (χ0v) is 15.9. The van der Waals surface area contributed by atoms with Crippen LogP contribution in [0.4, 0.5) is 5.82 Å². The van der Waals surface area contributed by atoms with E-state index in [0.29, 0.717) is 16.0 Å². The monoisotopic (exact) mass is 396 g/mol. The molecule has 25 heavy (non-hydrogen) atoms. The number of aromatic nitrogens is 5. The highest BCUT2D eigenvalue weighted by Crippen LogP contribution is 2.26. The lowest BCUT2D eigenvalue weighted by molar-refractivity contribution is -0.115. The zero-order chi connectivity index (χ0) is 18.1. The third-order valence-corrected chi connectivity index (χ3v) is 4.90. The third kappa shape index (κ3) is 3.86. The molecule has 130 valence electrons. The molecule has 10 heteroatoms. The first-order chi connectivity index (χ1) is 11.8. The van der Waals surface area contributed by atoms with Crippen LogP contribution in [0.2, 0.25) is 10.0 Å². The zero-order valence-electron chi connectivity index (χ0n) is 13.6. The Hall–Kier alpha value is -1.90. The molecule has 0 spiro atoms. The van der Waals surface area contributed by atoms with Gasteiger partial charge >= 0.3 is 0 Å². The second kappa shape index (κ2) is 7.15. The van der Waals surface area contributed by atoms with Gasteiger partial charge in [0.15, 0.2) is 11.0 Å². The molecule has 0 bridgehead atoms. The van der Waals surface area contributed by atoms with E-state index in [1.54, 1.807) is 6.92 Å². The van der Waals surface area contributed by atoms with Crippen molar-refractivity contribution in [1.29, 1.82) is 0 Å². The van der Waals surface area contributed by atoms with E-state index in [2.05, 4.69) is 25.5 Å². The number of rotatable bonds is 4. The molecule has 3 aromatic heterocycles. The molecule has 3 heterocycles.